The van der Waals surface area contributed by atoms with E-state index >= 15 is 0 Å². The first-order valence-electron chi connectivity index (χ1n) is 7.76. The van der Waals surface area contributed by atoms with Gasteiger partial charge in [0, 0.05) is 11.9 Å². The van der Waals surface area contributed by atoms with E-state index in [1.54, 1.807) is 13.8 Å². The second-order valence-corrected chi connectivity index (χ2v) is 5.65. The highest BCUT2D eigenvalue weighted by Crippen LogP contribution is 2.35. The van der Waals surface area contributed by atoms with Crippen molar-refractivity contribution in [2.45, 2.75) is 45.9 Å². The summed E-state index contributed by atoms with van der Waals surface area (Å²) in [6.45, 7) is 5.38. The van der Waals surface area contributed by atoms with E-state index in [1.807, 2.05) is 24.3 Å². The molecule has 0 aliphatic rings. The third kappa shape index (κ3) is 4.84. The van der Waals surface area contributed by atoms with Crippen molar-refractivity contribution < 1.29 is 17.9 Å². The maximum Gasteiger partial charge on any atom is 0.423 e. The second kappa shape index (κ2) is 7.51. The molecule has 0 radical (unpaired) electrons. The highest BCUT2D eigenvalue weighted by Gasteiger charge is 2.36. The van der Waals surface area contributed by atoms with E-state index in [9.17, 15) is 13.2 Å². The lowest BCUT2D eigenvalue weighted by molar-refractivity contribution is -0.139. The first-order valence-corrected chi connectivity index (χ1v) is 7.76. The van der Waals surface area contributed by atoms with Gasteiger partial charge < -0.3 is 10.1 Å². The molecule has 0 fully saturated rings. The zero-order chi connectivity index (χ0) is 17.7. The van der Waals surface area contributed by atoms with Gasteiger partial charge in [-0.3, -0.25) is 0 Å². The van der Waals surface area contributed by atoms with E-state index in [0.29, 0.717) is 5.69 Å². The molecule has 2 rings (SSSR count). The number of benzene rings is 1. The van der Waals surface area contributed by atoms with E-state index < -0.39 is 23.7 Å². The first-order chi connectivity index (χ1) is 11.3. The summed E-state index contributed by atoms with van der Waals surface area (Å²) in [6.07, 6.45) is -2.24. The molecular weight excluding hydrogens is 319 g/mol. The van der Waals surface area contributed by atoms with Gasteiger partial charge >= 0.3 is 6.18 Å². The molecule has 1 aromatic heterocycles. The molecule has 0 saturated heterocycles. The van der Waals surface area contributed by atoms with Gasteiger partial charge in [-0.1, -0.05) is 25.5 Å². The summed E-state index contributed by atoms with van der Waals surface area (Å²) in [6, 6.07) is 7.60. The third-order valence-electron chi connectivity index (χ3n) is 3.16. The predicted molar refractivity (Wildman–Crippen MR) is 86.5 cm³/mol. The lowest BCUT2D eigenvalue weighted by Gasteiger charge is -2.16. The second-order valence-electron chi connectivity index (χ2n) is 5.65. The Labute approximate surface area is 139 Å². The largest absolute Gasteiger partial charge is 0.474 e. The molecule has 1 aromatic carbocycles. The maximum absolute atomic E-state index is 13.0. The summed E-state index contributed by atoms with van der Waals surface area (Å²) in [5, 5.41) is 2.90. The fraction of sp³-hybridized carbons (Fsp3) is 0.412. The van der Waals surface area contributed by atoms with Crippen molar-refractivity contribution >= 4 is 11.6 Å². The van der Waals surface area contributed by atoms with Crippen LogP contribution in [0.1, 0.15) is 38.3 Å². The smallest absolute Gasteiger partial charge is 0.423 e. The number of halogens is 3. The predicted octanol–water partition coefficient (Wildman–Crippen LogP) is 4.98. The molecule has 7 heteroatoms. The molecule has 2 aromatic rings. The van der Waals surface area contributed by atoms with Crippen molar-refractivity contribution in [1.82, 2.24) is 9.97 Å². The molecule has 0 aliphatic carbocycles. The number of aromatic nitrogens is 2. The monoisotopic (exact) mass is 339 g/mol. The average molecular weight is 339 g/mol. The standard InChI is InChI=1S/C17H20F3N3O/c1-4-5-12-6-8-13(9-7-12)22-16-21-10-14(17(18,19)20)15(23-16)24-11(2)3/h6-11H,4-5H2,1-3H3,(H,21,22,23). The van der Waals surface area contributed by atoms with Crippen molar-refractivity contribution in [3.05, 3.63) is 41.6 Å². The topological polar surface area (TPSA) is 47.0 Å². The number of hydrogen-bond donors (Lipinski definition) is 1. The summed E-state index contributed by atoms with van der Waals surface area (Å²) in [5.74, 6) is -0.417. The minimum absolute atomic E-state index is 0.0573. The Kier molecular flexibility index (Phi) is 5.64. The van der Waals surface area contributed by atoms with Crippen molar-refractivity contribution in [1.29, 1.82) is 0 Å². The number of rotatable bonds is 6. The first kappa shape index (κ1) is 18.0. The average Bonchev–Trinajstić information content (AvgIpc) is 2.48. The number of hydrogen-bond acceptors (Lipinski definition) is 4. The van der Waals surface area contributed by atoms with Crippen LogP contribution in [0.5, 0.6) is 5.88 Å². The van der Waals surface area contributed by atoms with Crippen LogP contribution in [0.4, 0.5) is 24.8 Å². The van der Waals surface area contributed by atoms with Crippen molar-refractivity contribution in [2.75, 3.05) is 5.32 Å². The number of anilines is 2. The van der Waals surface area contributed by atoms with Gasteiger partial charge in [0.1, 0.15) is 5.56 Å². The zero-order valence-corrected chi connectivity index (χ0v) is 13.8. The normalized spacial score (nSPS) is 11.6. The van der Waals surface area contributed by atoms with Gasteiger partial charge in [0.25, 0.3) is 0 Å². The molecule has 1 N–H and O–H groups in total. The summed E-state index contributed by atoms with van der Waals surface area (Å²) in [5.41, 5.74) is 0.908. The van der Waals surface area contributed by atoms with Gasteiger partial charge in [0.15, 0.2) is 0 Å². The third-order valence-corrected chi connectivity index (χ3v) is 3.16. The zero-order valence-electron chi connectivity index (χ0n) is 13.8. The van der Waals surface area contributed by atoms with Crippen LogP contribution in [0.25, 0.3) is 0 Å². The van der Waals surface area contributed by atoms with Gasteiger partial charge in [0.05, 0.1) is 6.10 Å². The van der Waals surface area contributed by atoms with Crippen LogP contribution < -0.4 is 10.1 Å². The molecule has 1 heterocycles. The maximum atomic E-state index is 13.0. The van der Waals surface area contributed by atoms with Crippen LogP contribution in [-0.2, 0) is 12.6 Å². The molecule has 0 spiro atoms. The quantitative estimate of drug-likeness (QED) is 0.806. The van der Waals surface area contributed by atoms with Gasteiger partial charge in [-0.25, -0.2) is 4.98 Å². The van der Waals surface area contributed by atoms with Gasteiger partial charge in [-0.15, -0.1) is 0 Å². The molecule has 0 atom stereocenters. The van der Waals surface area contributed by atoms with Crippen LogP contribution >= 0.6 is 0 Å². The minimum Gasteiger partial charge on any atom is -0.474 e. The molecule has 0 bridgehead atoms. The highest BCUT2D eigenvalue weighted by atomic mass is 19.4. The lowest BCUT2D eigenvalue weighted by Crippen LogP contribution is -2.15. The van der Waals surface area contributed by atoms with E-state index in [4.69, 9.17) is 4.74 Å². The SMILES string of the molecule is CCCc1ccc(Nc2ncc(C(F)(F)F)c(OC(C)C)n2)cc1. The summed E-state index contributed by atoms with van der Waals surface area (Å²) >= 11 is 0. The van der Waals surface area contributed by atoms with E-state index in [-0.39, 0.29) is 5.95 Å². The van der Waals surface area contributed by atoms with Crippen molar-refractivity contribution in [3.8, 4) is 5.88 Å². The van der Waals surface area contributed by atoms with Crippen molar-refractivity contribution in [2.24, 2.45) is 0 Å². The Morgan fingerprint density at radius 2 is 1.83 bits per heavy atom. The van der Waals surface area contributed by atoms with Crippen molar-refractivity contribution in [3.63, 3.8) is 0 Å². The molecule has 0 aliphatic heterocycles. The molecule has 4 nitrogen and oxygen atoms in total. The van der Waals surface area contributed by atoms with Crippen LogP contribution in [0.2, 0.25) is 0 Å². The minimum atomic E-state index is -4.56. The van der Waals surface area contributed by atoms with Crippen LogP contribution in [0.3, 0.4) is 0 Å². The highest BCUT2D eigenvalue weighted by molar-refractivity contribution is 5.54. The van der Waals surface area contributed by atoms with Gasteiger partial charge in [-0.05, 0) is 38.0 Å². The van der Waals surface area contributed by atoms with E-state index in [2.05, 4.69) is 22.2 Å². The van der Waals surface area contributed by atoms with Gasteiger partial charge in [0.2, 0.25) is 11.8 Å². The number of nitrogens with zero attached hydrogens (tertiary/aromatic N) is 2. The number of ether oxygens (including phenoxy) is 1. The van der Waals surface area contributed by atoms with Gasteiger partial charge in [-0.2, -0.15) is 18.2 Å². The van der Waals surface area contributed by atoms with E-state index in [0.717, 1.165) is 19.0 Å². The molecular formula is C17H20F3N3O. The fourth-order valence-electron chi connectivity index (χ4n) is 2.11. The Bertz CT molecular complexity index is 670. The Balaban J connectivity index is 2.24. The number of nitrogens with one attached hydrogen (secondary N) is 1. The van der Waals surface area contributed by atoms with Crippen LogP contribution in [0.15, 0.2) is 30.5 Å². The molecule has 0 saturated carbocycles. The molecule has 0 unspecified atom stereocenters. The number of aryl methyl sites for hydroxylation is 1. The molecule has 130 valence electrons. The molecule has 0 amide bonds. The Morgan fingerprint density at radius 1 is 1.17 bits per heavy atom. The summed E-state index contributed by atoms with van der Waals surface area (Å²) in [4.78, 5) is 7.61. The summed E-state index contributed by atoms with van der Waals surface area (Å²) in [7, 11) is 0. The number of alkyl halides is 3. The Hall–Kier alpha value is -2.31. The molecule has 24 heavy (non-hydrogen) atoms. The fourth-order valence-corrected chi connectivity index (χ4v) is 2.11. The van der Waals surface area contributed by atoms with Crippen LogP contribution in [-0.4, -0.2) is 16.1 Å². The summed E-state index contributed by atoms with van der Waals surface area (Å²) < 4.78 is 44.2. The van der Waals surface area contributed by atoms with Crippen LogP contribution in [0, 0.1) is 0 Å². The van der Waals surface area contributed by atoms with E-state index in [1.165, 1.54) is 5.56 Å². The lowest BCUT2D eigenvalue weighted by atomic mass is 10.1. The Morgan fingerprint density at radius 3 is 2.38 bits per heavy atom.